The van der Waals surface area contributed by atoms with Crippen LogP contribution in [0.3, 0.4) is 0 Å². The van der Waals surface area contributed by atoms with Crippen LogP contribution < -0.4 is 0 Å². The molecule has 5 heteroatoms. The van der Waals surface area contributed by atoms with E-state index in [9.17, 15) is 9.90 Å². The molecule has 1 unspecified atom stereocenters. The van der Waals surface area contributed by atoms with E-state index in [-0.39, 0.29) is 11.8 Å². The largest absolute Gasteiger partial charge is 0.389 e. The molecular formula is C16H30N2O3. The average molecular weight is 298 g/mol. The highest BCUT2D eigenvalue weighted by Crippen LogP contribution is 2.23. The Hall–Kier alpha value is -0.650. The van der Waals surface area contributed by atoms with Gasteiger partial charge >= 0.3 is 0 Å². The van der Waals surface area contributed by atoms with E-state index < -0.39 is 5.60 Å². The van der Waals surface area contributed by atoms with E-state index in [1.807, 2.05) is 18.7 Å². The molecule has 21 heavy (non-hydrogen) atoms. The minimum atomic E-state index is -0.607. The smallest absolute Gasteiger partial charge is 0.227 e. The predicted octanol–water partition coefficient (Wildman–Crippen LogP) is 1.11. The molecule has 0 spiro atoms. The summed E-state index contributed by atoms with van der Waals surface area (Å²) in [4.78, 5) is 16.8. The molecule has 0 aromatic carbocycles. The second kappa shape index (κ2) is 7.56. The van der Waals surface area contributed by atoms with Gasteiger partial charge < -0.3 is 14.7 Å². The van der Waals surface area contributed by atoms with Gasteiger partial charge in [0, 0.05) is 26.2 Å². The zero-order valence-corrected chi connectivity index (χ0v) is 13.5. The van der Waals surface area contributed by atoms with E-state index >= 15 is 0 Å². The van der Waals surface area contributed by atoms with Crippen molar-refractivity contribution in [1.29, 1.82) is 0 Å². The number of rotatable bonds is 5. The van der Waals surface area contributed by atoms with E-state index in [0.717, 1.165) is 51.9 Å². The van der Waals surface area contributed by atoms with Crippen molar-refractivity contribution >= 4 is 5.91 Å². The van der Waals surface area contributed by atoms with Crippen molar-refractivity contribution in [3.05, 3.63) is 0 Å². The predicted molar refractivity (Wildman–Crippen MR) is 82.1 cm³/mol. The summed E-state index contributed by atoms with van der Waals surface area (Å²) in [6.07, 6.45) is 3.55. The summed E-state index contributed by atoms with van der Waals surface area (Å²) in [5.41, 5.74) is -0.607. The normalized spacial score (nSPS) is 25.1. The molecule has 1 atom stereocenters. The Labute approximate surface area is 128 Å². The molecule has 2 heterocycles. The second-order valence-corrected chi connectivity index (χ2v) is 6.44. The van der Waals surface area contributed by atoms with Gasteiger partial charge in [-0.3, -0.25) is 9.69 Å². The van der Waals surface area contributed by atoms with Crippen molar-refractivity contribution in [2.75, 3.05) is 45.9 Å². The summed E-state index contributed by atoms with van der Waals surface area (Å²) in [5, 5.41) is 10.5. The molecule has 5 nitrogen and oxygen atoms in total. The van der Waals surface area contributed by atoms with Crippen molar-refractivity contribution in [2.24, 2.45) is 5.92 Å². The molecule has 2 rings (SSSR count). The maximum absolute atomic E-state index is 12.6. The molecule has 122 valence electrons. The number of hydrogen-bond acceptors (Lipinski definition) is 4. The van der Waals surface area contributed by atoms with Crippen LogP contribution in [0.4, 0.5) is 0 Å². The Morgan fingerprint density at radius 2 is 1.90 bits per heavy atom. The van der Waals surface area contributed by atoms with Crippen LogP contribution in [0.5, 0.6) is 0 Å². The quantitative estimate of drug-likeness (QED) is 0.826. The summed E-state index contributed by atoms with van der Waals surface area (Å²) in [5.74, 6) is 0.370. The lowest BCUT2D eigenvalue weighted by Crippen LogP contribution is -2.51. The van der Waals surface area contributed by atoms with Crippen molar-refractivity contribution in [3.63, 3.8) is 0 Å². The molecule has 0 aromatic heterocycles. The van der Waals surface area contributed by atoms with Crippen LogP contribution in [0.1, 0.15) is 39.5 Å². The van der Waals surface area contributed by atoms with Crippen LogP contribution in [0.25, 0.3) is 0 Å². The highest BCUT2D eigenvalue weighted by molar-refractivity contribution is 5.79. The number of hydrogen-bond donors (Lipinski definition) is 1. The zero-order valence-electron chi connectivity index (χ0n) is 13.5. The first-order valence-electron chi connectivity index (χ1n) is 8.39. The third kappa shape index (κ3) is 4.41. The molecule has 0 radical (unpaired) electrons. The van der Waals surface area contributed by atoms with Crippen LogP contribution in [-0.2, 0) is 9.53 Å². The minimum absolute atomic E-state index is 0.0924. The summed E-state index contributed by atoms with van der Waals surface area (Å²) in [7, 11) is 0. The van der Waals surface area contributed by atoms with Gasteiger partial charge in [-0.2, -0.15) is 0 Å². The van der Waals surface area contributed by atoms with E-state index in [0.29, 0.717) is 19.8 Å². The fourth-order valence-corrected chi connectivity index (χ4v) is 3.33. The lowest BCUT2D eigenvalue weighted by Gasteiger charge is -2.39. The number of carbonyl (C=O) groups is 1. The monoisotopic (exact) mass is 298 g/mol. The van der Waals surface area contributed by atoms with E-state index in [1.165, 1.54) is 0 Å². The van der Waals surface area contributed by atoms with Crippen LogP contribution in [0.2, 0.25) is 0 Å². The standard InChI is InChI=1S/C16H30N2O3/c1-3-16(20,4-2)13-17-7-5-6-14(12-17)15(19)18-8-10-21-11-9-18/h14,20H,3-13H2,1-2H3. The van der Waals surface area contributed by atoms with Gasteiger partial charge in [0.1, 0.15) is 0 Å². The number of likely N-dealkylation sites (tertiary alicyclic amines) is 1. The lowest BCUT2D eigenvalue weighted by molar-refractivity contribution is -0.142. The molecule has 1 N–H and O–H groups in total. The number of β-amino-alcohol motifs (C(OH)–C–C–N with tert-alkyl or cyclic N) is 1. The molecule has 2 aliphatic rings. The molecule has 2 saturated heterocycles. The highest BCUT2D eigenvalue weighted by Gasteiger charge is 2.33. The molecule has 2 fully saturated rings. The van der Waals surface area contributed by atoms with E-state index in [2.05, 4.69) is 4.90 Å². The first-order chi connectivity index (χ1) is 10.1. The van der Waals surface area contributed by atoms with Crippen molar-refractivity contribution in [2.45, 2.75) is 45.1 Å². The average Bonchev–Trinajstić information content (AvgIpc) is 2.55. The molecule has 1 amide bonds. The number of piperidine rings is 1. The van der Waals surface area contributed by atoms with Crippen LogP contribution in [-0.4, -0.2) is 72.4 Å². The topological polar surface area (TPSA) is 53.0 Å². The first-order valence-corrected chi connectivity index (χ1v) is 8.39. The summed E-state index contributed by atoms with van der Waals surface area (Å²) >= 11 is 0. The Balaban J connectivity index is 1.89. The minimum Gasteiger partial charge on any atom is -0.389 e. The number of aliphatic hydroxyl groups is 1. The summed E-state index contributed by atoms with van der Waals surface area (Å²) in [6, 6.07) is 0. The highest BCUT2D eigenvalue weighted by atomic mass is 16.5. The van der Waals surface area contributed by atoms with Gasteiger partial charge in [-0.1, -0.05) is 13.8 Å². The van der Waals surface area contributed by atoms with Crippen molar-refractivity contribution in [1.82, 2.24) is 9.80 Å². The fraction of sp³-hybridized carbons (Fsp3) is 0.938. The second-order valence-electron chi connectivity index (χ2n) is 6.44. The van der Waals surface area contributed by atoms with Crippen molar-refractivity contribution < 1.29 is 14.6 Å². The number of nitrogens with zero attached hydrogens (tertiary/aromatic N) is 2. The maximum Gasteiger partial charge on any atom is 0.227 e. The van der Waals surface area contributed by atoms with E-state index in [4.69, 9.17) is 4.74 Å². The molecule has 2 aliphatic heterocycles. The molecular weight excluding hydrogens is 268 g/mol. The SMILES string of the molecule is CCC(O)(CC)CN1CCCC(C(=O)N2CCOCC2)C1. The summed E-state index contributed by atoms with van der Waals surface area (Å²) < 4.78 is 5.32. The lowest BCUT2D eigenvalue weighted by atomic mass is 9.92. The van der Waals surface area contributed by atoms with Gasteiger partial charge in [0.15, 0.2) is 0 Å². The van der Waals surface area contributed by atoms with Crippen molar-refractivity contribution in [3.8, 4) is 0 Å². The Morgan fingerprint density at radius 3 is 2.52 bits per heavy atom. The molecule has 0 aliphatic carbocycles. The van der Waals surface area contributed by atoms with Gasteiger partial charge in [-0.25, -0.2) is 0 Å². The Kier molecular flexibility index (Phi) is 6.02. The van der Waals surface area contributed by atoms with Crippen LogP contribution in [0.15, 0.2) is 0 Å². The zero-order chi connectivity index (χ0) is 15.3. The Bertz CT molecular complexity index is 338. The van der Waals surface area contributed by atoms with Gasteiger partial charge in [-0.05, 0) is 32.2 Å². The number of carbonyl (C=O) groups excluding carboxylic acids is 1. The maximum atomic E-state index is 12.6. The van der Waals surface area contributed by atoms with Gasteiger partial charge in [0.25, 0.3) is 0 Å². The molecule has 0 saturated carbocycles. The molecule has 0 aromatic rings. The number of morpholine rings is 1. The number of amides is 1. The van der Waals surface area contributed by atoms with Gasteiger partial charge in [0.05, 0.1) is 24.7 Å². The first kappa shape index (κ1) is 16.7. The van der Waals surface area contributed by atoms with Crippen LogP contribution >= 0.6 is 0 Å². The van der Waals surface area contributed by atoms with Gasteiger partial charge in [0.2, 0.25) is 5.91 Å². The molecule has 0 bridgehead atoms. The number of ether oxygens (including phenoxy) is 1. The third-order valence-corrected chi connectivity index (χ3v) is 5.01. The summed E-state index contributed by atoms with van der Waals surface area (Å²) in [6.45, 7) is 9.31. The van der Waals surface area contributed by atoms with Crippen LogP contribution in [0, 0.1) is 5.92 Å². The third-order valence-electron chi connectivity index (χ3n) is 5.01. The fourth-order valence-electron chi connectivity index (χ4n) is 3.33. The Morgan fingerprint density at radius 1 is 1.24 bits per heavy atom. The van der Waals surface area contributed by atoms with Gasteiger partial charge in [-0.15, -0.1) is 0 Å². The van der Waals surface area contributed by atoms with E-state index in [1.54, 1.807) is 0 Å².